The molecule has 0 aliphatic rings. The lowest BCUT2D eigenvalue weighted by molar-refractivity contribution is -0.140. The van der Waals surface area contributed by atoms with E-state index in [1.165, 1.54) is 12.0 Å². The van der Waals surface area contributed by atoms with Gasteiger partial charge < -0.3 is 15.0 Å². The molecule has 0 radical (unpaired) electrons. The number of carbonyl (C=O) groups excluding carboxylic acids is 2. The first-order chi connectivity index (χ1) is 18.1. The standard InChI is InChI=1S/C28H32BrN3O5S/c1-4-30-28(34)26(17-21-9-6-5-7-10-21)31(19-22-13-15-23(29)16-14-22)27(33)20-32(38(3,35)36)24-11-8-12-25(18-24)37-2/h5-16,18,26H,4,17,19-20H2,1-3H3,(H,30,34). The van der Waals surface area contributed by atoms with Gasteiger partial charge in [0.05, 0.1) is 19.1 Å². The van der Waals surface area contributed by atoms with E-state index in [-0.39, 0.29) is 18.9 Å². The first-order valence-corrected chi connectivity index (χ1v) is 14.7. The van der Waals surface area contributed by atoms with E-state index in [0.717, 1.165) is 26.2 Å². The molecule has 0 bridgehead atoms. The van der Waals surface area contributed by atoms with Gasteiger partial charge >= 0.3 is 0 Å². The van der Waals surface area contributed by atoms with Gasteiger partial charge in [-0.3, -0.25) is 13.9 Å². The number of nitrogens with zero attached hydrogens (tertiary/aromatic N) is 2. The lowest BCUT2D eigenvalue weighted by Crippen LogP contribution is -2.53. The van der Waals surface area contributed by atoms with Crippen molar-refractivity contribution in [3.05, 3.63) is 94.5 Å². The molecule has 1 N–H and O–H groups in total. The summed E-state index contributed by atoms with van der Waals surface area (Å²) in [5.41, 5.74) is 1.97. The zero-order valence-electron chi connectivity index (χ0n) is 21.6. The van der Waals surface area contributed by atoms with Gasteiger partial charge in [-0.1, -0.05) is 64.5 Å². The number of amides is 2. The molecule has 8 nitrogen and oxygen atoms in total. The van der Waals surface area contributed by atoms with E-state index in [1.54, 1.807) is 24.3 Å². The van der Waals surface area contributed by atoms with Crippen LogP contribution in [0.15, 0.2) is 83.3 Å². The maximum absolute atomic E-state index is 13.9. The highest BCUT2D eigenvalue weighted by Gasteiger charge is 2.32. The van der Waals surface area contributed by atoms with Gasteiger partial charge in [0.1, 0.15) is 18.3 Å². The number of hydrogen-bond donors (Lipinski definition) is 1. The predicted octanol–water partition coefficient (Wildman–Crippen LogP) is 4.00. The molecule has 0 saturated carbocycles. The number of halogens is 1. The van der Waals surface area contributed by atoms with Crippen molar-refractivity contribution in [1.29, 1.82) is 0 Å². The molecule has 0 aliphatic heterocycles. The van der Waals surface area contributed by atoms with Crippen molar-refractivity contribution in [2.45, 2.75) is 25.9 Å². The summed E-state index contributed by atoms with van der Waals surface area (Å²) in [6.07, 6.45) is 1.32. The second-order valence-electron chi connectivity index (χ2n) is 8.72. The fourth-order valence-corrected chi connectivity index (χ4v) is 5.12. The maximum Gasteiger partial charge on any atom is 0.244 e. The van der Waals surface area contributed by atoms with Crippen LogP contribution < -0.4 is 14.4 Å². The van der Waals surface area contributed by atoms with Gasteiger partial charge in [-0.25, -0.2) is 8.42 Å². The normalized spacial score (nSPS) is 11.9. The fraction of sp³-hybridized carbons (Fsp3) is 0.286. The molecule has 202 valence electrons. The molecule has 3 aromatic carbocycles. The van der Waals surface area contributed by atoms with Crippen molar-refractivity contribution in [1.82, 2.24) is 10.2 Å². The number of likely N-dealkylation sites (N-methyl/N-ethyl adjacent to an activating group) is 1. The third-order valence-corrected chi connectivity index (χ3v) is 7.58. The Kier molecular flexibility index (Phi) is 10.3. The van der Waals surface area contributed by atoms with E-state index in [4.69, 9.17) is 4.74 Å². The summed E-state index contributed by atoms with van der Waals surface area (Å²) in [4.78, 5) is 28.7. The quantitative estimate of drug-likeness (QED) is 0.338. The second kappa shape index (κ2) is 13.4. The molecular weight excluding hydrogens is 570 g/mol. The van der Waals surface area contributed by atoms with Crippen LogP contribution in [0, 0.1) is 0 Å². The number of nitrogens with one attached hydrogen (secondary N) is 1. The first kappa shape index (κ1) is 29.2. The molecule has 0 fully saturated rings. The number of sulfonamides is 1. The Bertz CT molecular complexity index is 1330. The van der Waals surface area contributed by atoms with E-state index in [9.17, 15) is 18.0 Å². The Morgan fingerprint density at radius 3 is 2.26 bits per heavy atom. The van der Waals surface area contributed by atoms with Crippen molar-refractivity contribution >= 4 is 43.5 Å². The summed E-state index contributed by atoms with van der Waals surface area (Å²) in [5.74, 6) is -0.359. The van der Waals surface area contributed by atoms with Crippen LogP contribution in [0.4, 0.5) is 5.69 Å². The van der Waals surface area contributed by atoms with Crippen LogP contribution in [0.3, 0.4) is 0 Å². The van der Waals surface area contributed by atoms with Crippen LogP contribution in [0.25, 0.3) is 0 Å². The molecular formula is C28H32BrN3O5S. The first-order valence-electron chi connectivity index (χ1n) is 12.1. The number of benzene rings is 3. The van der Waals surface area contributed by atoms with Gasteiger partial charge in [-0.2, -0.15) is 0 Å². The highest BCUT2D eigenvalue weighted by Crippen LogP contribution is 2.24. The Balaban J connectivity index is 2.03. The molecule has 2 amide bonds. The van der Waals surface area contributed by atoms with E-state index in [2.05, 4.69) is 21.2 Å². The van der Waals surface area contributed by atoms with Crippen LogP contribution in [0.2, 0.25) is 0 Å². The minimum Gasteiger partial charge on any atom is -0.497 e. The lowest BCUT2D eigenvalue weighted by atomic mass is 10.0. The Labute approximate surface area is 232 Å². The smallest absolute Gasteiger partial charge is 0.244 e. The zero-order chi connectivity index (χ0) is 27.7. The molecule has 0 saturated heterocycles. The molecule has 38 heavy (non-hydrogen) atoms. The molecule has 10 heteroatoms. The summed E-state index contributed by atoms with van der Waals surface area (Å²) in [6, 6.07) is 22.5. The van der Waals surface area contributed by atoms with Gasteiger partial charge in [0.25, 0.3) is 0 Å². The fourth-order valence-electron chi connectivity index (χ4n) is 4.01. The molecule has 0 heterocycles. The monoisotopic (exact) mass is 601 g/mol. The van der Waals surface area contributed by atoms with E-state index in [1.807, 2.05) is 61.5 Å². The molecule has 0 aromatic heterocycles. The highest BCUT2D eigenvalue weighted by atomic mass is 79.9. The maximum atomic E-state index is 13.9. The second-order valence-corrected chi connectivity index (χ2v) is 11.5. The van der Waals surface area contributed by atoms with Crippen LogP contribution in [-0.2, 0) is 32.6 Å². The minimum atomic E-state index is -3.84. The summed E-state index contributed by atoms with van der Waals surface area (Å²) in [7, 11) is -2.36. The van der Waals surface area contributed by atoms with Gasteiger partial charge in [0, 0.05) is 30.0 Å². The van der Waals surface area contributed by atoms with E-state index in [0.29, 0.717) is 18.0 Å². The summed E-state index contributed by atoms with van der Waals surface area (Å²) in [5, 5.41) is 2.84. The number of methoxy groups -OCH3 is 1. The number of anilines is 1. The van der Waals surface area contributed by atoms with Crippen LogP contribution in [0.1, 0.15) is 18.1 Å². The topological polar surface area (TPSA) is 96.0 Å². The predicted molar refractivity (Wildman–Crippen MR) is 152 cm³/mol. The van der Waals surface area contributed by atoms with Crippen molar-refractivity contribution in [3.63, 3.8) is 0 Å². The highest BCUT2D eigenvalue weighted by molar-refractivity contribution is 9.10. The molecule has 1 atom stereocenters. The van der Waals surface area contributed by atoms with Crippen molar-refractivity contribution in [3.8, 4) is 5.75 Å². The summed E-state index contributed by atoms with van der Waals surface area (Å²) < 4.78 is 32.8. The van der Waals surface area contributed by atoms with Crippen molar-refractivity contribution in [2.24, 2.45) is 0 Å². The lowest BCUT2D eigenvalue weighted by Gasteiger charge is -2.33. The van der Waals surface area contributed by atoms with Crippen LogP contribution in [-0.4, -0.2) is 57.6 Å². The number of ether oxygens (including phenoxy) is 1. The van der Waals surface area contributed by atoms with Crippen molar-refractivity contribution < 1.29 is 22.7 Å². The van der Waals surface area contributed by atoms with Gasteiger partial charge in [-0.05, 0) is 42.3 Å². The summed E-state index contributed by atoms with van der Waals surface area (Å²) >= 11 is 3.42. The average Bonchev–Trinajstić information content (AvgIpc) is 2.90. The van der Waals surface area contributed by atoms with E-state index < -0.39 is 28.5 Å². The SMILES string of the molecule is CCNC(=O)C(Cc1ccccc1)N(Cc1ccc(Br)cc1)C(=O)CN(c1cccc(OC)c1)S(C)(=O)=O. The molecule has 0 spiro atoms. The van der Waals surface area contributed by atoms with Crippen LogP contribution >= 0.6 is 15.9 Å². The van der Waals surface area contributed by atoms with Gasteiger partial charge in [-0.15, -0.1) is 0 Å². The molecule has 3 rings (SSSR count). The zero-order valence-corrected chi connectivity index (χ0v) is 24.0. The third kappa shape index (κ3) is 8.06. The van der Waals surface area contributed by atoms with Gasteiger partial charge in [0.15, 0.2) is 0 Å². The van der Waals surface area contributed by atoms with E-state index >= 15 is 0 Å². The average molecular weight is 603 g/mol. The number of rotatable bonds is 12. The Morgan fingerprint density at radius 2 is 1.66 bits per heavy atom. The van der Waals surface area contributed by atoms with Crippen molar-refractivity contribution in [2.75, 3.05) is 30.8 Å². The van der Waals surface area contributed by atoms with Gasteiger partial charge in [0.2, 0.25) is 21.8 Å². The largest absolute Gasteiger partial charge is 0.497 e. The molecule has 0 aliphatic carbocycles. The molecule has 3 aromatic rings. The molecule has 1 unspecified atom stereocenters. The third-order valence-electron chi connectivity index (χ3n) is 5.91. The Morgan fingerprint density at radius 1 is 0.974 bits per heavy atom. The number of hydrogen-bond acceptors (Lipinski definition) is 5. The Hall–Kier alpha value is -3.37. The van der Waals surface area contributed by atoms with Crippen LogP contribution in [0.5, 0.6) is 5.75 Å². The number of carbonyl (C=O) groups is 2. The minimum absolute atomic E-state index is 0.121. The summed E-state index contributed by atoms with van der Waals surface area (Å²) in [6.45, 7) is 1.85.